The van der Waals surface area contributed by atoms with Crippen molar-refractivity contribution in [2.24, 2.45) is 0 Å². The number of carbonyl (C=O) groups is 1. The average Bonchev–Trinajstić information content (AvgIpc) is 3.25. The van der Waals surface area contributed by atoms with Crippen LogP contribution in [0.15, 0.2) is 53.6 Å². The summed E-state index contributed by atoms with van der Waals surface area (Å²) in [6.45, 7) is 1.21. The topological polar surface area (TPSA) is 85.5 Å². The van der Waals surface area contributed by atoms with Gasteiger partial charge in [0, 0.05) is 31.4 Å². The van der Waals surface area contributed by atoms with Gasteiger partial charge in [0.2, 0.25) is 5.91 Å². The van der Waals surface area contributed by atoms with Crippen molar-refractivity contribution in [3.05, 3.63) is 48.5 Å². The van der Waals surface area contributed by atoms with Crippen LogP contribution in [0.3, 0.4) is 0 Å². The lowest BCUT2D eigenvalue weighted by molar-refractivity contribution is -0.118. The van der Waals surface area contributed by atoms with Gasteiger partial charge in [-0.15, -0.1) is 0 Å². The number of hydrogen-bond donors (Lipinski definition) is 2. The minimum absolute atomic E-state index is 0.0345. The predicted molar refractivity (Wildman–Crippen MR) is 123 cm³/mol. The van der Waals surface area contributed by atoms with E-state index in [0.717, 1.165) is 39.8 Å². The van der Waals surface area contributed by atoms with E-state index >= 15 is 0 Å². The van der Waals surface area contributed by atoms with Crippen molar-refractivity contribution < 1.29 is 19.0 Å². The number of benzene rings is 2. The number of nitrogens with one attached hydrogen (secondary N) is 2. The van der Waals surface area contributed by atoms with Gasteiger partial charge in [-0.1, -0.05) is 23.9 Å². The standard InChI is InChI=1S/C23H27N3O4S/c1-28-13-5-12-24-20(27)15-31-23-21(16-8-10-18(29-2)11-9-16)25-22(26-23)17-6-4-7-19(14-17)30-3/h4,6-11,14H,5,12-13,15H2,1-3H3,(H,24,27)(H,25,26). The first-order valence-electron chi connectivity index (χ1n) is 9.92. The summed E-state index contributed by atoms with van der Waals surface area (Å²) in [6.07, 6.45) is 0.784. The van der Waals surface area contributed by atoms with Crippen LogP contribution in [-0.4, -0.2) is 56.1 Å². The first kappa shape index (κ1) is 22.7. The van der Waals surface area contributed by atoms with Crippen LogP contribution in [0.5, 0.6) is 11.5 Å². The number of aromatic amines is 1. The van der Waals surface area contributed by atoms with E-state index in [0.29, 0.717) is 19.0 Å². The van der Waals surface area contributed by atoms with Crippen LogP contribution in [0.2, 0.25) is 0 Å². The van der Waals surface area contributed by atoms with Crippen LogP contribution in [0, 0.1) is 0 Å². The normalized spacial score (nSPS) is 10.7. The minimum Gasteiger partial charge on any atom is -0.497 e. The Hall–Kier alpha value is -2.97. The third-order valence-electron chi connectivity index (χ3n) is 4.58. The van der Waals surface area contributed by atoms with Crippen molar-refractivity contribution in [3.63, 3.8) is 0 Å². The number of amides is 1. The molecule has 1 heterocycles. The van der Waals surface area contributed by atoms with Crippen molar-refractivity contribution in [2.45, 2.75) is 11.4 Å². The molecule has 3 rings (SSSR count). The Kier molecular flexibility index (Phi) is 8.37. The molecule has 7 nitrogen and oxygen atoms in total. The highest BCUT2D eigenvalue weighted by atomic mass is 32.2. The molecule has 0 saturated carbocycles. The number of rotatable bonds is 11. The molecule has 1 aromatic heterocycles. The van der Waals surface area contributed by atoms with Crippen LogP contribution >= 0.6 is 11.8 Å². The third kappa shape index (κ3) is 6.26. The number of carbonyl (C=O) groups excluding carboxylic acids is 1. The lowest BCUT2D eigenvalue weighted by Crippen LogP contribution is -2.26. The molecule has 0 unspecified atom stereocenters. The van der Waals surface area contributed by atoms with Gasteiger partial charge in [-0.25, -0.2) is 4.98 Å². The molecular weight excluding hydrogens is 414 g/mol. The monoisotopic (exact) mass is 441 g/mol. The highest BCUT2D eigenvalue weighted by Crippen LogP contribution is 2.34. The van der Waals surface area contributed by atoms with Crippen molar-refractivity contribution in [2.75, 3.05) is 40.2 Å². The molecular formula is C23H27N3O4S. The maximum Gasteiger partial charge on any atom is 0.230 e. The lowest BCUT2D eigenvalue weighted by atomic mass is 10.1. The molecule has 0 aliphatic heterocycles. The largest absolute Gasteiger partial charge is 0.497 e. The van der Waals surface area contributed by atoms with Gasteiger partial charge in [0.1, 0.15) is 22.3 Å². The first-order chi connectivity index (χ1) is 15.1. The fourth-order valence-electron chi connectivity index (χ4n) is 2.95. The maximum absolute atomic E-state index is 12.2. The molecule has 2 N–H and O–H groups in total. The Bertz CT molecular complexity index is 989. The van der Waals surface area contributed by atoms with E-state index in [-0.39, 0.29) is 11.7 Å². The number of hydrogen-bond acceptors (Lipinski definition) is 6. The van der Waals surface area contributed by atoms with E-state index < -0.39 is 0 Å². The summed E-state index contributed by atoms with van der Waals surface area (Å²) in [5, 5.41) is 3.66. The highest BCUT2D eigenvalue weighted by Gasteiger charge is 2.16. The van der Waals surface area contributed by atoms with E-state index in [2.05, 4.69) is 10.3 Å². The number of ether oxygens (including phenoxy) is 3. The SMILES string of the molecule is COCCCNC(=O)CSc1nc(-c2cccc(OC)c2)[nH]c1-c1ccc(OC)cc1. The molecule has 0 radical (unpaired) electrons. The number of methoxy groups -OCH3 is 3. The molecule has 8 heteroatoms. The fourth-order valence-corrected chi connectivity index (χ4v) is 3.79. The van der Waals surface area contributed by atoms with E-state index in [9.17, 15) is 4.79 Å². The van der Waals surface area contributed by atoms with Gasteiger partial charge in [-0.05, 0) is 42.8 Å². The molecule has 0 bridgehead atoms. The van der Waals surface area contributed by atoms with Crippen LogP contribution < -0.4 is 14.8 Å². The summed E-state index contributed by atoms with van der Waals surface area (Å²) in [6, 6.07) is 15.4. The second-order valence-corrected chi connectivity index (χ2v) is 7.68. The molecule has 164 valence electrons. The van der Waals surface area contributed by atoms with Crippen molar-refractivity contribution in [3.8, 4) is 34.1 Å². The fraction of sp³-hybridized carbons (Fsp3) is 0.304. The van der Waals surface area contributed by atoms with Gasteiger partial charge >= 0.3 is 0 Å². The van der Waals surface area contributed by atoms with Gasteiger partial charge in [0.15, 0.2) is 0 Å². The second-order valence-electron chi connectivity index (χ2n) is 6.71. The summed E-state index contributed by atoms with van der Waals surface area (Å²) in [4.78, 5) is 20.4. The second kappa shape index (κ2) is 11.4. The molecule has 0 saturated heterocycles. The molecule has 0 aliphatic rings. The van der Waals surface area contributed by atoms with Gasteiger partial charge in [0.05, 0.1) is 25.7 Å². The lowest BCUT2D eigenvalue weighted by Gasteiger charge is -2.06. The van der Waals surface area contributed by atoms with Crippen molar-refractivity contribution in [1.82, 2.24) is 15.3 Å². The van der Waals surface area contributed by atoms with Crippen LogP contribution in [0.25, 0.3) is 22.6 Å². The number of imidazole rings is 1. The van der Waals surface area contributed by atoms with Crippen molar-refractivity contribution >= 4 is 17.7 Å². The molecule has 1 amide bonds. The molecule has 0 spiro atoms. The number of nitrogens with zero attached hydrogens (tertiary/aromatic N) is 1. The first-order valence-corrected chi connectivity index (χ1v) is 10.9. The summed E-state index contributed by atoms with van der Waals surface area (Å²) in [5.74, 6) is 2.49. The zero-order valence-electron chi connectivity index (χ0n) is 17.9. The third-order valence-corrected chi connectivity index (χ3v) is 5.56. The zero-order valence-corrected chi connectivity index (χ0v) is 18.8. The smallest absolute Gasteiger partial charge is 0.230 e. The summed E-state index contributed by atoms with van der Waals surface area (Å²) in [5.41, 5.74) is 2.73. The van der Waals surface area contributed by atoms with E-state index in [1.165, 1.54) is 11.8 Å². The van der Waals surface area contributed by atoms with Gasteiger partial charge in [-0.2, -0.15) is 0 Å². The molecule has 2 aromatic carbocycles. The zero-order chi connectivity index (χ0) is 22.1. The van der Waals surface area contributed by atoms with Crippen LogP contribution in [-0.2, 0) is 9.53 Å². The molecule has 3 aromatic rings. The maximum atomic E-state index is 12.2. The molecule has 0 fully saturated rings. The van der Waals surface area contributed by atoms with Crippen molar-refractivity contribution in [1.29, 1.82) is 0 Å². The van der Waals surface area contributed by atoms with E-state index in [1.54, 1.807) is 21.3 Å². The predicted octanol–water partition coefficient (Wildman–Crippen LogP) is 4.01. The Morgan fingerprint density at radius 2 is 1.81 bits per heavy atom. The minimum atomic E-state index is -0.0345. The van der Waals surface area contributed by atoms with E-state index in [4.69, 9.17) is 19.2 Å². The average molecular weight is 442 g/mol. The summed E-state index contributed by atoms with van der Waals surface area (Å²) >= 11 is 1.40. The van der Waals surface area contributed by atoms with Gasteiger partial charge in [0.25, 0.3) is 0 Å². The summed E-state index contributed by atoms with van der Waals surface area (Å²) < 4.78 is 15.6. The number of thioether (sulfide) groups is 1. The number of aromatic nitrogens is 2. The van der Waals surface area contributed by atoms with Gasteiger partial charge < -0.3 is 24.5 Å². The van der Waals surface area contributed by atoms with E-state index in [1.807, 2.05) is 48.5 Å². The summed E-state index contributed by atoms with van der Waals surface area (Å²) in [7, 11) is 4.92. The Morgan fingerprint density at radius 1 is 1.03 bits per heavy atom. The Morgan fingerprint density at radius 3 is 2.52 bits per heavy atom. The quantitative estimate of drug-likeness (QED) is 0.346. The van der Waals surface area contributed by atoms with Gasteiger partial charge in [-0.3, -0.25) is 4.79 Å². The Labute approximate surface area is 186 Å². The van der Waals surface area contributed by atoms with Crippen LogP contribution in [0.1, 0.15) is 6.42 Å². The molecule has 0 aliphatic carbocycles. The van der Waals surface area contributed by atoms with Crippen LogP contribution in [0.4, 0.5) is 0 Å². The number of H-pyrrole nitrogens is 1. The highest BCUT2D eigenvalue weighted by molar-refractivity contribution is 8.00. The molecule has 31 heavy (non-hydrogen) atoms. The molecule has 0 atom stereocenters. The Balaban J connectivity index is 1.82.